The van der Waals surface area contributed by atoms with Crippen LogP contribution in [0.2, 0.25) is 0 Å². The molecule has 0 spiro atoms. The summed E-state index contributed by atoms with van der Waals surface area (Å²) in [6, 6.07) is 9.30. The van der Waals surface area contributed by atoms with Crippen molar-refractivity contribution in [3.05, 3.63) is 53.7 Å². The van der Waals surface area contributed by atoms with E-state index in [-0.39, 0.29) is 24.1 Å². The van der Waals surface area contributed by atoms with Crippen molar-refractivity contribution in [2.75, 3.05) is 0 Å². The summed E-state index contributed by atoms with van der Waals surface area (Å²) in [6.07, 6.45) is 0.935. The van der Waals surface area contributed by atoms with Crippen LogP contribution in [0.5, 0.6) is 5.88 Å². The van der Waals surface area contributed by atoms with E-state index in [1.807, 2.05) is 30.3 Å². The summed E-state index contributed by atoms with van der Waals surface area (Å²) in [5.41, 5.74) is 0.889. The van der Waals surface area contributed by atoms with Gasteiger partial charge >= 0.3 is 0 Å². The third-order valence-corrected chi connectivity index (χ3v) is 2.25. The third-order valence-electron chi connectivity index (χ3n) is 2.25. The molecule has 1 heterocycles. The highest BCUT2D eigenvalue weighted by Gasteiger charge is 2.11. The largest absolute Gasteiger partial charge is 0.471 e. The number of carbonyl (C=O) groups excluding carboxylic acids is 1. The number of benzene rings is 1. The Labute approximate surface area is 103 Å². The molecule has 0 aliphatic heterocycles. The molecule has 92 valence electrons. The Morgan fingerprint density at radius 2 is 2.06 bits per heavy atom. The minimum Gasteiger partial charge on any atom is -0.471 e. The standard InChI is InChI=1S/C13H11FN2O2/c1-9(17)12-15-7-11(14)13(16-12)18-8-10-5-3-2-4-6-10/h2-7H,8H2,1H3. The van der Waals surface area contributed by atoms with E-state index < -0.39 is 5.82 Å². The Balaban J connectivity index is 2.14. The molecule has 0 bridgehead atoms. The predicted molar refractivity (Wildman–Crippen MR) is 62.8 cm³/mol. The van der Waals surface area contributed by atoms with Crippen LogP contribution in [-0.4, -0.2) is 15.8 Å². The predicted octanol–water partition coefficient (Wildman–Crippen LogP) is 2.40. The van der Waals surface area contributed by atoms with E-state index in [4.69, 9.17) is 4.74 Å². The molecule has 2 aromatic rings. The number of rotatable bonds is 4. The summed E-state index contributed by atoms with van der Waals surface area (Å²) in [4.78, 5) is 18.4. The monoisotopic (exact) mass is 246 g/mol. The highest BCUT2D eigenvalue weighted by Crippen LogP contribution is 2.14. The molecule has 0 unspecified atom stereocenters. The minimum atomic E-state index is -0.684. The van der Waals surface area contributed by atoms with Crippen molar-refractivity contribution in [2.45, 2.75) is 13.5 Å². The summed E-state index contributed by atoms with van der Waals surface area (Å²) in [5.74, 6) is -1.28. The van der Waals surface area contributed by atoms with Crippen LogP contribution in [0.4, 0.5) is 4.39 Å². The van der Waals surface area contributed by atoms with Gasteiger partial charge in [-0.05, 0) is 5.56 Å². The molecule has 0 atom stereocenters. The van der Waals surface area contributed by atoms with E-state index >= 15 is 0 Å². The number of ether oxygens (including phenoxy) is 1. The van der Waals surface area contributed by atoms with Crippen molar-refractivity contribution >= 4 is 5.78 Å². The Morgan fingerprint density at radius 1 is 1.33 bits per heavy atom. The van der Waals surface area contributed by atoms with Crippen molar-refractivity contribution in [3.8, 4) is 5.88 Å². The molecule has 0 amide bonds. The topological polar surface area (TPSA) is 52.1 Å². The van der Waals surface area contributed by atoms with E-state index in [2.05, 4.69) is 9.97 Å². The molecule has 1 aromatic carbocycles. The molecular weight excluding hydrogens is 235 g/mol. The Bertz CT molecular complexity index is 558. The summed E-state index contributed by atoms with van der Waals surface area (Å²) < 4.78 is 18.6. The summed E-state index contributed by atoms with van der Waals surface area (Å²) in [6.45, 7) is 1.50. The molecule has 18 heavy (non-hydrogen) atoms. The second-order valence-electron chi connectivity index (χ2n) is 3.68. The number of nitrogens with zero attached hydrogens (tertiary/aromatic N) is 2. The lowest BCUT2D eigenvalue weighted by molar-refractivity contribution is 0.100. The molecular formula is C13H11FN2O2. The van der Waals surface area contributed by atoms with E-state index in [1.54, 1.807) is 0 Å². The van der Waals surface area contributed by atoms with Crippen LogP contribution in [-0.2, 0) is 6.61 Å². The molecule has 0 aliphatic carbocycles. The number of carbonyl (C=O) groups is 1. The molecule has 0 saturated heterocycles. The summed E-state index contributed by atoms with van der Waals surface area (Å²) in [5, 5.41) is 0. The maximum atomic E-state index is 13.4. The van der Waals surface area contributed by atoms with E-state index in [0.29, 0.717) is 0 Å². The zero-order chi connectivity index (χ0) is 13.0. The van der Waals surface area contributed by atoms with E-state index in [9.17, 15) is 9.18 Å². The molecule has 0 N–H and O–H groups in total. The average molecular weight is 246 g/mol. The summed E-state index contributed by atoms with van der Waals surface area (Å²) in [7, 11) is 0. The van der Waals surface area contributed by atoms with Gasteiger partial charge < -0.3 is 4.74 Å². The van der Waals surface area contributed by atoms with Crippen molar-refractivity contribution in [3.63, 3.8) is 0 Å². The number of hydrogen-bond donors (Lipinski definition) is 0. The van der Waals surface area contributed by atoms with Gasteiger partial charge in [0.25, 0.3) is 5.88 Å². The number of Topliss-reactive ketones (excluding diaryl/α,β-unsaturated/α-hetero) is 1. The lowest BCUT2D eigenvalue weighted by Gasteiger charge is -2.06. The van der Waals surface area contributed by atoms with Crippen LogP contribution < -0.4 is 4.74 Å². The first-order valence-corrected chi connectivity index (χ1v) is 5.37. The van der Waals surface area contributed by atoms with E-state index in [0.717, 1.165) is 11.8 Å². The Morgan fingerprint density at radius 3 is 2.72 bits per heavy atom. The highest BCUT2D eigenvalue weighted by atomic mass is 19.1. The first-order valence-electron chi connectivity index (χ1n) is 5.37. The number of ketones is 1. The van der Waals surface area contributed by atoms with Crippen LogP contribution in [0.15, 0.2) is 36.5 Å². The summed E-state index contributed by atoms with van der Waals surface area (Å²) >= 11 is 0. The van der Waals surface area contributed by atoms with Crippen LogP contribution in [0.25, 0.3) is 0 Å². The van der Waals surface area contributed by atoms with Gasteiger partial charge in [0.05, 0.1) is 6.20 Å². The zero-order valence-electron chi connectivity index (χ0n) is 9.76. The lowest BCUT2D eigenvalue weighted by atomic mass is 10.2. The van der Waals surface area contributed by atoms with Gasteiger partial charge in [-0.1, -0.05) is 30.3 Å². The maximum Gasteiger partial charge on any atom is 0.254 e. The minimum absolute atomic E-state index is 0.0561. The fraction of sp³-hybridized carbons (Fsp3) is 0.154. The smallest absolute Gasteiger partial charge is 0.254 e. The Kier molecular flexibility index (Phi) is 3.62. The van der Waals surface area contributed by atoms with Gasteiger partial charge in [-0.15, -0.1) is 0 Å². The van der Waals surface area contributed by atoms with Crippen molar-refractivity contribution in [2.24, 2.45) is 0 Å². The lowest BCUT2D eigenvalue weighted by Crippen LogP contribution is -2.06. The molecule has 5 heteroatoms. The van der Waals surface area contributed by atoms with Gasteiger partial charge in [0.15, 0.2) is 11.6 Å². The van der Waals surface area contributed by atoms with Gasteiger partial charge in [0.1, 0.15) is 6.61 Å². The van der Waals surface area contributed by atoms with Crippen molar-refractivity contribution in [1.29, 1.82) is 0 Å². The van der Waals surface area contributed by atoms with Gasteiger partial charge in [-0.25, -0.2) is 4.98 Å². The fourth-order valence-electron chi connectivity index (χ4n) is 1.35. The van der Waals surface area contributed by atoms with Gasteiger partial charge in [-0.3, -0.25) is 4.79 Å². The number of aromatic nitrogens is 2. The van der Waals surface area contributed by atoms with Gasteiger partial charge in [-0.2, -0.15) is 9.37 Å². The first-order chi connectivity index (χ1) is 8.66. The number of hydrogen-bond acceptors (Lipinski definition) is 4. The molecule has 0 fully saturated rings. The first kappa shape index (κ1) is 12.2. The Hall–Kier alpha value is -2.30. The van der Waals surface area contributed by atoms with Crippen LogP contribution >= 0.6 is 0 Å². The SMILES string of the molecule is CC(=O)c1ncc(F)c(OCc2ccccc2)n1. The van der Waals surface area contributed by atoms with Crippen molar-refractivity contribution in [1.82, 2.24) is 9.97 Å². The normalized spacial score (nSPS) is 10.1. The van der Waals surface area contributed by atoms with Crippen molar-refractivity contribution < 1.29 is 13.9 Å². The van der Waals surface area contributed by atoms with E-state index in [1.165, 1.54) is 6.92 Å². The number of halogens is 1. The highest BCUT2D eigenvalue weighted by molar-refractivity contribution is 5.90. The van der Waals surface area contributed by atoms with Gasteiger partial charge in [0.2, 0.25) is 5.82 Å². The fourth-order valence-corrected chi connectivity index (χ4v) is 1.35. The van der Waals surface area contributed by atoms with Crippen LogP contribution in [0.3, 0.4) is 0 Å². The quantitative estimate of drug-likeness (QED) is 0.777. The third kappa shape index (κ3) is 2.88. The van der Waals surface area contributed by atoms with Crippen LogP contribution in [0, 0.1) is 5.82 Å². The van der Waals surface area contributed by atoms with Gasteiger partial charge in [0, 0.05) is 6.92 Å². The average Bonchev–Trinajstić information content (AvgIpc) is 2.38. The molecule has 2 rings (SSSR count). The van der Waals surface area contributed by atoms with Crippen LogP contribution in [0.1, 0.15) is 23.1 Å². The second kappa shape index (κ2) is 5.35. The second-order valence-corrected chi connectivity index (χ2v) is 3.68. The molecule has 4 nitrogen and oxygen atoms in total. The molecule has 1 aromatic heterocycles. The maximum absolute atomic E-state index is 13.4. The molecule has 0 aliphatic rings. The molecule has 0 saturated carbocycles. The molecule has 0 radical (unpaired) electrons. The zero-order valence-corrected chi connectivity index (χ0v) is 9.76.